The van der Waals surface area contributed by atoms with Crippen LogP contribution >= 0.6 is 0 Å². The van der Waals surface area contributed by atoms with E-state index >= 15 is 0 Å². The van der Waals surface area contributed by atoms with E-state index in [2.05, 4.69) is 60.3 Å². The molecule has 0 spiro atoms. The van der Waals surface area contributed by atoms with Gasteiger partial charge in [-0.3, -0.25) is 0 Å². The Hall–Kier alpha value is -4.58. The van der Waals surface area contributed by atoms with Crippen LogP contribution in [0.5, 0.6) is 0 Å². The van der Waals surface area contributed by atoms with Crippen LogP contribution in [0.2, 0.25) is 0 Å². The summed E-state index contributed by atoms with van der Waals surface area (Å²) in [6.45, 7) is 6.57. The number of hydrogen-bond donors (Lipinski definition) is 1. The molecule has 0 fully saturated rings. The van der Waals surface area contributed by atoms with Gasteiger partial charge in [-0.05, 0) is 73.9 Å². The van der Waals surface area contributed by atoms with Gasteiger partial charge in [0.05, 0.1) is 29.7 Å². The number of anilines is 1. The highest BCUT2D eigenvalue weighted by Crippen LogP contribution is 2.38. The number of aryl methyl sites for hydroxylation is 3. The maximum Gasteiger partial charge on any atom is 0.322 e. The molecule has 1 atom stereocenters. The molecule has 6 nitrogen and oxygen atoms in total. The van der Waals surface area contributed by atoms with Crippen molar-refractivity contribution in [1.82, 2.24) is 19.2 Å². The quantitative estimate of drug-likeness (QED) is 0.307. The normalized spacial score (nSPS) is 14.6. The second kappa shape index (κ2) is 9.13. The largest absolute Gasteiger partial charge is 0.322 e. The van der Waals surface area contributed by atoms with Gasteiger partial charge in [0.1, 0.15) is 5.82 Å². The van der Waals surface area contributed by atoms with Crippen molar-refractivity contribution in [2.45, 2.75) is 33.4 Å². The summed E-state index contributed by atoms with van der Waals surface area (Å²) in [5.41, 5.74) is 8.10. The Kier molecular flexibility index (Phi) is 5.64. The van der Waals surface area contributed by atoms with Gasteiger partial charge >= 0.3 is 6.03 Å². The molecule has 0 radical (unpaired) electrons. The maximum absolute atomic E-state index is 14.0. The summed E-state index contributed by atoms with van der Waals surface area (Å²) in [7, 11) is 0. The van der Waals surface area contributed by atoms with Gasteiger partial charge in [0.2, 0.25) is 0 Å². The molecule has 0 saturated carbocycles. The second-order valence-corrected chi connectivity index (χ2v) is 9.61. The molecular formula is C31H29N5O. The fourth-order valence-electron chi connectivity index (χ4n) is 5.15. The molecule has 6 rings (SSSR count). The van der Waals surface area contributed by atoms with Crippen LogP contribution in [0, 0.1) is 20.8 Å². The van der Waals surface area contributed by atoms with E-state index in [1.165, 1.54) is 5.56 Å². The molecule has 1 aliphatic heterocycles. The van der Waals surface area contributed by atoms with Crippen LogP contribution in [0.25, 0.3) is 11.5 Å². The highest BCUT2D eigenvalue weighted by Gasteiger charge is 2.36. The molecule has 5 aromatic rings. The number of aromatic nitrogens is 3. The second-order valence-electron chi connectivity index (χ2n) is 9.61. The number of fused-ring (bicyclic) bond motifs is 3. The SMILES string of the molecule is Cc1ccc(NC(=O)N2Cc3c(C)nn(-c4ccccc4)c3-n3cccc3[C@H]2c2ccccc2)cc1C. The molecule has 2 aromatic heterocycles. The van der Waals surface area contributed by atoms with Gasteiger partial charge in [0.25, 0.3) is 0 Å². The van der Waals surface area contributed by atoms with Crippen LogP contribution in [0.1, 0.15) is 39.7 Å². The van der Waals surface area contributed by atoms with Gasteiger partial charge in [-0.25, -0.2) is 9.48 Å². The summed E-state index contributed by atoms with van der Waals surface area (Å²) >= 11 is 0. The molecule has 0 bridgehead atoms. The molecule has 1 N–H and O–H groups in total. The van der Waals surface area contributed by atoms with Crippen molar-refractivity contribution in [3.05, 3.63) is 131 Å². The van der Waals surface area contributed by atoms with Crippen LogP contribution in [-0.2, 0) is 6.54 Å². The number of carbonyl (C=O) groups is 1. The van der Waals surface area contributed by atoms with Gasteiger partial charge < -0.3 is 14.8 Å². The molecule has 2 amide bonds. The van der Waals surface area contributed by atoms with E-state index in [9.17, 15) is 4.79 Å². The number of para-hydroxylation sites is 1. The fraction of sp³-hybridized carbons (Fsp3) is 0.161. The van der Waals surface area contributed by atoms with Gasteiger partial charge in [-0.1, -0.05) is 54.6 Å². The van der Waals surface area contributed by atoms with E-state index in [1.807, 2.05) is 77.2 Å². The van der Waals surface area contributed by atoms with Crippen molar-refractivity contribution >= 4 is 11.7 Å². The maximum atomic E-state index is 14.0. The summed E-state index contributed by atoms with van der Waals surface area (Å²) in [5.74, 6) is 0.964. The monoisotopic (exact) mass is 487 g/mol. The first-order valence-electron chi connectivity index (χ1n) is 12.5. The lowest BCUT2D eigenvalue weighted by Gasteiger charge is -2.31. The van der Waals surface area contributed by atoms with Crippen LogP contribution in [0.15, 0.2) is 97.2 Å². The Morgan fingerprint density at radius 1 is 0.865 bits per heavy atom. The predicted octanol–water partition coefficient (Wildman–Crippen LogP) is 6.73. The van der Waals surface area contributed by atoms with Gasteiger partial charge in [0, 0.05) is 17.4 Å². The topological polar surface area (TPSA) is 55.1 Å². The summed E-state index contributed by atoms with van der Waals surface area (Å²) in [6, 6.07) is 30.1. The Bertz CT molecular complexity index is 1580. The Labute approximate surface area is 216 Å². The molecule has 3 aromatic carbocycles. The molecule has 6 heteroatoms. The van der Waals surface area contributed by atoms with Crippen LogP contribution in [-0.4, -0.2) is 25.3 Å². The Morgan fingerprint density at radius 3 is 2.32 bits per heavy atom. The zero-order valence-electron chi connectivity index (χ0n) is 21.2. The number of hydrogen-bond acceptors (Lipinski definition) is 2. The predicted molar refractivity (Wildman–Crippen MR) is 146 cm³/mol. The number of carbonyl (C=O) groups excluding carboxylic acids is 1. The third-order valence-corrected chi connectivity index (χ3v) is 7.22. The van der Waals surface area contributed by atoms with E-state index in [-0.39, 0.29) is 12.1 Å². The molecule has 184 valence electrons. The summed E-state index contributed by atoms with van der Waals surface area (Å²) in [4.78, 5) is 15.9. The smallest absolute Gasteiger partial charge is 0.308 e. The van der Waals surface area contributed by atoms with Crippen molar-refractivity contribution in [2.24, 2.45) is 0 Å². The van der Waals surface area contributed by atoms with Crippen molar-refractivity contribution < 1.29 is 4.79 Å². The number of urea groups is 1. The highest BCUT2D eigenvalue weighted by molar-refractivity contribution is 5.90. The summed E-state index contributed by atoms with van der Waals surface area (Å²) in [5, 5.41) is 8.09. The molecule has 37 heavy (non-hydrogen) atoms. The molecular weight excluding hydrogens is 458 g/mol. The van der Waals surface area contributed by atoms with Crippen LogP contribution in [0.3, 0.4) is 0 Å². The van der Waals surface area contributed by atoms with Crippen molar-refractivity contribution in [3.8, 4) is 11.5 Å². The lowest BCUT2D eigenvalue weighted by Crippen LogP contribution is -2.38. The van der Waals surface area contributed by atoms with E-state index in [0.717, 1.165) is 45.3 Å². The third-order valence-electron chi connectivity index (χ3n) is 7.22. The minimum atomic E-state index is -0.279. The van der Waals surface area contributed by atoms with Crippen LogP contribution in [0.4, 0.5) is 10.5 Å². The molecule has 1 aliphatic rings. The average Bonchev–Trinajstić information content (AvgIpc) is 3.47. The first-order chi connectivity index (χ1) is 18.0. The molecule has 0 saturated heterocycles. The van der Waals surface area contributed by atoms with Crippen molar-refractivity contribution in [1.29, 1.82) is 0 Å². The molecule has 3 heterocycles. The first kappa shape index (κ1) is 22.9. The number of rotatable bonds is 3. The zero-order valence-corrected chi connectivity index (χ0v) is 21.2. The van der Waals surface area contributed by atoms with Crippen molar-refractivity contribution in [3.63, 3.8) is 0 Å². The van der Waals surface area contributed by atoms with E-state index in [1.54, 1.807) is 0 Å². The highest BCUT2D eigenvalue weighted by atomic mass is 16.2. The minimum Gasteiger partial charge on any atom is -0.308 e. The van der Waals surface area contributed by atoms with Gasteiger partial charge in [-0.15, -0.1) is 0 Å². The molecule has 0 aliphatic carbocycles. The van der Waals surface area contributed by atoms with E-state index in [0.29, 0.717) is 6.54 Å². The lowest BCUT2D eigenvalue weighted by atomic mass is 10.0. The number of nitrogens with one attached hydrogen (secondary N) is 1. The molecule has 0 unspecified atom stereocenters. The number of benzene rings is 3. The van der Waals surface area contributed by atoms with E-state index < -0.39 is 0 Å². The average molecular weight is 488 g/mol. The first-order valence-corrected chi connectivity index (χ1v) is 12.5. The van der Waals surface area contributed by atoms with Crippen molar-refractivity contribution in [2.75, 3.05) is 5.32 Å². The minimum absolute atomic E-state index is 0.149. The number of nitrogens with zero attached hydrogens (tertiary/aromatic N) is 4. The zero-order chi connectivity index (χ0) is 25.5. The fourth-order valence-corrected chi connectivity index (χ4v) is 5.15. The third kappa shape index (κ3) is 4.00. The standard InChI is InChI=1S/C31H29N5O/c1-21-16-17-25(19-22(21)2)32-31(37)35-20-27-23(3)33-36(26-13-8-5-9-14-26)30(27)34-18-10-15-28(34)29(35)24-11-6-4-7-12-24/h4-19,29H,20H2,1-3H3,(H,32,37)/t29-/m1/s1. The van der Waals surface area contributed by atoms with Gasteiger partial charge in [-0.2, -0.15) is 5.10 Å². The van der Waals surface area contributed by atoms with Gasteiger partial charge in [0.15, 0.2) is 0 Å². The van der Waals surface area contributed by atoms with Crippen LogP contribution < -0.4 is 5.32 Å². The Morgan fingerprint density at radius 2 is 1.59 bits per heavy atom. The number of amides is 2. The van der Waals surface area contributed by atoms with E-state index in [4.69, 9.17) is 5.10 Å². The Balaban J connectivity index is 1.52. The summed E-state index contributed by atoms with van der Waals surface area (Å²) < 4.78 is 4.17. The lowest BCUT2D eigenvalue weighted by molar-refractivity contribution is 0.194. The summed E-state index contributed by atoms with van der Waals surface area (Å²) in [6.07, 6.45) is 2.06.